The first-order chi connectivity index (χ1) is 13.0. The lowest BCUT2D eigenvalue weighted by Gasteiger charge is -2.12. The Bertz CT molecular complexity index is 935. The third-order valence-corrected chi connectivity index (χ3v) is 3.94. The van der Waals surface area contributed by atoms with Crippen molar-refractivity contribution in [1.82, 2.24) is 10.6 Å². The van der Waals surface area contributed by atoms with E-state index >= 15 is 0 Å². The predicted octanol–water partition coefficient (Wildman–Crippen LogP) is 1.82. The van der Waals surface area contributed by atoms with Gasteiger partial charge in [-0.1, -0.05) is 12.1 Å². The molecule has 1 heterocycles. The summed E-state index contributed by atoms with van der Waals surface area (Å²) >= 11 is 0. The summed E-state index contributed by atoms with van der Waals surface area (Å²) < 4.78 is 0. The zero-order valence-corrected chi connectivity index (χ0v) is 14.3. The van der Waals surface area contributed by atoms with E-state index < -0.39 is 6.03 Å². The number of rotatable bonds is 4. The van der Waals surface area contributed by atoms with Crippen LogP contribution >= 0.6 is 0 Å². The van der Waals surface area contributed by atoms with Gasteiger partial charge in [-0.05, 0) is 36.4 Å². The van der Waals surface area contributed by atoms with Gasteiger partial charge in [0.2, 0.25) is 5.91 Å². The number of nitrogens with zero attached hydrogens (tertiary/aromatic N) is 1. The summed E-state index contributed by atoms with van der Waals surface area (Å²) in [4.78, 5) is 35.6. The van der Waals surface area contributed by atoms with Gasteiger partial charge in [0.25, 0.3) is 5.91 Å². The van der Waals surface area contributed by atoms with Gasteiger partial charge in [0.15, 0.2) is 0 Å². The third kappa shape index (κ3) is 4.83. The van der Waals surface area contributed by atoms with Crippen LogP contribution in [0.1, 0.15) is 22.3 Å². The maximum atomic E-state index is 12.4. The fraction of sp³-hybridized carbons (Fsp3) is 0.158. The van der Waals surface area contributed by atoms with E-state index in [4.69, 9.17) is 5.26 Å². The monoisotopic (exact) mass is 363 g/mol. The highest BCUT2D eigenvalue weighted by Gasteiger charge is 2.22. The second-order valence-electron chi connectivity index (χ2n) is 6.03. The molecule has 27 heavy (non-hydrogen) atoms. The molecule has 3 rings (SSSR count). The van der Waals surface area contributed by atoms with Gasteiger partial charge in [-0.3, -0.25) is 9.59 Å². The van der Waals surface area contributed by atoms with Gasteiger partial charge >= 0.3 is 6.03 Å². The molecule has 0 bridgehead atoms. The van der Waals surface area contributed by atoms with Crippen LogP contribution in [0.2, 0.25) is 0 Å². The molecule has 0 spiro atoms. The molecule has 0 unspecified atom stereocenters. The average molecular weight is 363 g/mol. The molecule has 4 N–H and O–H groups in total. The molecule has 8 heteroatoms. The third-order valence-electron chi connectivity index (χ3n) is 3.94. The molecule has 0 saturated carbocycles. The van der Waals surface area contributed by atoms with E-state index in [2.05, 4.69) is 21.3 Å². The lowest BCUT2D eigenvalue weighted by molar-refractivity contribution is -0.119. The zero-order chi connectivity index (χ0) is 19.2. The minimum absolute atomic E-state index is 0.0977. The number of urea groups is 1. The van der Waals surface area contributed by atoms with Crippen molar-refractivity contribution in [2.24, 2.45) is 0 Å². The highest BCUT2D eigenvalue weighted by Crippen LogP contribution is 2.15. The second-order valence-corrected chi connectivity index (χ2v) is 6.03. The van der Waals surface area contributed by atoms with Gasteiger partial charge in [0.1, 0.15) is 0 Å². The summed E-state index contributed by atoms with van der Waals surface area (Å²) in [5.74, 6) is -0.459. The first-order valence-corrected chi connectivity index (χ1v) is 8.29. The standard InChI is InChI=1S/C19H17N5O3/c20-10-12-3-1-5-14(7-12)22-18(26)13-4-2-6-15(8-13)23-19(27)24-16-9-17(25)21-11-16/h1-8,16H,9,11H2,(H,21,25)(H,22,26)(H2,23,24,27)/t16-/m1/s1. The van der Waals surface area contributed by atoms with E-state index in [1.165, 1.54) is 0 Å². The molecule has 1 aliphatic rings. The van der Waals surface area contributed by atoms with E-state index in [1.54, 1.807) is 48.5 Å². The Morgan fingerprint density at radius 1 is 1.07 bits per heavy atom. The molecule has 0 aliphatic carbocycles. The lowest BCUT2D eigenvalue weighted by Crippen LogP contribution is -2.39. The normalized spacial score (nSPS) is 15.4. The van der Waals surface area contributed by atoms with Crippen LogP contribution in [0.5, 0.6) is 0 Å². The summed E-state index contributed by atoms with van der Waals surface area (Å²) in [5.41, 5.74) is 1.75. The highest BCUT2D eigenvalue weighted by atomic mass is 16.2. The van der Waals surface area contributed by atoms with Crippen LogP contribution in [-0.2, 0) is 4.79 Å². The smallest absolute Gasteiger partial charge is 0.319 e. The van der Waals surface area contributed by atoms with Crippen LogP contribution in [0.4, 0.5) is 16.2 Å². The van der Waals surface area contributed by atoms with Gasteiger partial charge in [0.05, 0.1) is 17.7 Å². The summed E-state index contributed by atoms with van der Waals surface area (Å²) in [5, 5.41) is 19.6. The zero-order valence-electron chi connectivity index (χ0n) is 14.3. The van der Waals surface area contributed by atoms with Crippen LogP contribution in [0, 0.1) is 11.3 Å². The van der Waals surface area contributed by atoms with Crippen molar-refractivity contribution < 1.29 is 14.4 Å². The van der Waals surface area contributed by atoms with E-state index in [0.717, 1.165) is 0 Å². The maximum Gasteiger partial charge on any atom is 0.319 e. The summed E-state index contributed by atoms with van der Waals surface area (Å²) in [6.07, 6.45) is 0.248. The Labute approximate surface area is 155 Å². The van der Waals surface area contributed by atoms with E-state index in [0.29, 0.717) is 29.0 Å². The largest absolute Gasteiger partial charge is 0.354 e. The molecular weight excluding hydrogens is 346 g/mol. The molecule has 8 nitrogen and oxygen atoms in total. The molecule has 2 aromatic rings. The number of hydrogen-bond donors (Lipinski definition) is 4. The summed E-state index contributed by atoms with van der Waals surface area (Å²) in [6, 6.07) is 14.4. The molecule has 1 fully saturated rings. The van der Waals surface area contributed by atoms with Crippen molar-refractivity contribution in [2.45, 2.75) is 12.5 Å². The van der Waals surface area contributed by atoms with Crippen LogP contribution in [0.25, 0.3) is 0 Å². The SMILES string of the molecule is N#Cc1cccc(NC(=O)c2cccc(NC(=O)N[C@H]3CNC(=O)C3)c2)c1. The van der Waals surface area contributed by atoms with Crippen LogP contribution in [0.15, 0.2) is 48.5 Å². The average Bonchev–Trinajstić information content (AvgIpc) is 3.06. The number of benzene rings is 2. The van der Waals surface area contributed by atoms with Gasteiger partial charge in [-0.2, -0.15) is 5.26 Å². The molecule has 136 valence electrons. The summed E-state index contributed by atoms with van der Waals surface area (Å²) in [7, 11) is 0. The molecular formula is C19H17N5O3. The highest BCUT2D eigenvalue weighted by molar-refractivity contribution is 6.05. The van der Waals surface area contributed by atoms with Gasteiger partial charge in [-0.25, -0.2) is 4.79 Å². The minimum Gasteiger partial charge on any atom is -0.354 e. The Morgan fingerprint density at radius 2 is 1.81 bits per heavy atom. The summed E-state index contributed by atoms with van der Waals surface area (Å²) in [6.45, 7) is 0.399. The van der Waals surface area contributed by atoms with E-state index in [1.807, 2.05) is 6.07 Å². The van der Waals surface area contributed by atoms with Crippen molar-refractivity contribution in [3.05, 3.63) is 59.7 Å². The van der Waals surface area contributed by atoms with Gasteiger partial charge in [0, 0.05) is 29.9 Å². The van der Waals surface area contributed by atoms with Crippen molar-refractivity contribution in [3.8, 4) is 6.07 Å². The molecule has 4 amide bonds. The number of nitriles is 1. The Kier molecular flexibility index (Phi) is 5.33. The van der Waals surface area contributed by atoms with Gasteiger partial charge in [-0.15, -0.1) is 0 Å². The predicted molar refractivity (Wildman–Crippen MR) is 99.1 cm³/mol. The molecule has 2 aromatic carbocycles. The maximum absolute atomic E-state index is 12.4. The Morgan fingerprint density at radius 3 is 2.52 bits per heavy atom. The molecule has 0 aromatic heterocycles. The second kappa shape index (κ2) is 8.01. The van der Waals surface area contributed by atoms with Crippen LogP contribution in [0.3, 0.4) is 0 Å². The van der Waals surface area contributed by atoms with Crippen molar-refractivity contribution in [1.29, 1.82) is 5.26 Å². The fourth-order valence-electron chi connectivity index (χ4n) is 2.67. The fourth-order valence-corrected chi connectivity index (χ4v) is 2.67. The van der Waals surface area contributed by atoms with Crippen molar-refractivity contribution in [2.75, 3.05) is 17.2 Å². The molecule has 1 saturated heterocycles. The number of hydrogen-bond acceptors (Lipinski definition) is 4. The molecule has 1 atom stereocenters. The lowest BCUT2D eigenvalue weighted by atomic mass is 10.1. The number of amides is 4. The molecule has 0 radical (unpaired) electrons. The number of carbonyl (C=O) groups is 3. The number of carbonyl (C=O) groups excluding carboxylic acids is 3. The van der Waals surface area contributed by atoms with Crippen LogP contribution < -0.4 is 21.3 Å². The topological polar surface area (TPSA) is 123 Å². The Balaban J connectivity index is 1.62. The molecule has 1 aliphatic heterocycles. The first kappa shape index (κ1) is 17.9. The number of nitrogens with one attached hydrogen (secondary N) is 4. The number of anilines is 2. The first-order valence-electron chi connectivity index (χ1n) is 8.29. The van der Waals surface area contributed by atoms with Crippen molar-refractivity contribution >= 4 is 29.2 Å². The quantitative estimate of drug-likeness (QED) is 0.661. The van der Waals surface area contributed by atoms with E-state index in [-0.39, 0.29) is 24.3 Å². The minimum atomic E-state index is -0.448. The van der Waals surface area contributed by atoms with Crippen molar-refractivity contribution in [3.63, 3.8) is 0 Å². The van der Waals surface area contributed by atoms with Crippen LogP contribution in [-0.4, -0.2) is 30.4 Å². The Hall–Kier alpha value is -3.86. The van der Waals surface area contributed by atoms with Gasteiger partial charge < -0.3 is 21.3 Å². The van der Waals surface area contributed by atoms with E-state index in [9.17, 15) is 14.4 Å².